The summed E-state index contributed by atoms with van der Waals surface area (Å²) in [6, 6.07) is 94.2. The van der Waals surface area contributed by atoms with E-state index in [0.29, 0.717) is 17.5 Å². The third-order valence-corrected chi connectivity index (χ3v) is 15.8. The highest BCUT2D eigenvalue weighted by Crippen LogP contribution is 2.46. The Kier molecular flexibility index (Phi) is 10.7. The molecule has 11 aromatic carbocycles. The van der Waals surface area contributed by atoms with Gasteiger partial charge in [0.2, 0.25) is 0 Å². The van der Waals surface area contributed by atoms with E-state index < -0.39 is 0 Å². The van der Waals surface area contributed by atoms with Gasteiger partial charge >= 0.3 is 0 Å². The molecule has 79 heavy (non-hydrogen) atoms. The van der Waals surface area contributed by atoms with Crippen molar-refractivity contribution in [2.75, 3.05) is 0 Å². The van der Waals surface area contributed by atoms with Gasteiger partial charge in [0.05, 0.1) is 38.8 Å². The molecule has 15 rings (SSSR count). The third-order valence-electron chi connectivity index (χ3n) is 15.8. The predicted octanol–water partition coefficient (Wildman–Crippen LogP) is 18.8. The molecule has 0 bridgehead atoms. The van der Waals surface area contributed by atoms with E-state index in [2.05, 4.69) is 259 Å². The van der Waals surface area contributed by atoms with Crippen molar-refractivity contribution in [3.63, 3.8) is 0 Å². The van der Waals surface area contributed by atoms with Gasteiger partial charge in [-0.25, -0.2) is 15.0 Å². The number of aromatic nitrogens is 6. The Balaban J connectivity index is 1.08. The number of para-hydroxylation sites is 5. The maximum absolute atomic E-state index is 5.41. The van der Waals surface area contributed by atoms with Crippen LogP contribution in [0.25, 0.3) is 139 Å². The normalized spacial score (nSPS) is 12.0. The number of fused-ring (bicyclic) bond motifs is 9. The van der Waals surface area contributed by atoms with Crippen molar-refractivity contribution in [2.45, 2.75) is 26.2 Å². The number of nitrogens with zero attached hydrogens (tertiary/aromatic N) is 6. The monoisotopic (exact) mass is 1010 g/mol. The Bertz CT molecular complexity index is 4540. The van der Waals surface area contributed by atoms with Crippen LogP contribution in [-0.2, 0) is 5.41 Å². The van der Waals surface area contributed by atoms with Gasteiger partial charge < -0.3 is 13.7 Å². The first-order chi connectivity index (χ1) is 38.8. The van der Waals surface area contributed by atoms with Crippen LogP contribution in [0.15, 0.2) is 261 Å². The van der Waals surface area contributed by atoms with E-state index in [9.17, 15) is 0 Å². The van der Waals surface area contributed by atoms with E-state index in [0.717, 1.165) is 89.1 Å². The fourth-order valence-electron chi connectivity index (χ4n) is 12.1. The highest BCUT2D eigenvalue weighted by Gasteiger charge is 2.26. The van der Waals surface area contributed by atoms with Crippen LogP contribution in [0, 0.1) is 0 Å². The average molecular weight is 1010 g/mol. The Labute approximate surface area is 457 Å². The summed E-state index contributed by atoms with van der Waals surface area (Å²) < 4.78 is 7.34. The molecule has 0 N–H and O–H groups in total. The van der Waals surface area contributed by atoms with Crippen LogP contribution < -0.4 is 0 Å². The van der Waals surface area contributed by atoms with E-state index in [-0.39, 0.29) is 5.41 Å². The molecule has 15 aromatic rings. The molecule has 0 saturated carbocycles. The van der Waals surface area contributed by atoms with Crippen LogP contribution in [0.3, 0.4) is 0 Å². The first-order valence-corrected chi connectivity index (χ1v) is 27.1. The maximum Gasteiger partial charge on any atom is 0.164 e. The minimum absolute atomic E-state index is 0.0579. The molecule has 4 heterocycles. The van der Waals surface area contributed by atoms with Crippen molar-refractivity contribution in [3.8, 4) is 73.5 Å². The molecule has 0 atom stereocenters. The summed E-state index contributed by atoms with van der Waals surface area (Å²) in [5.74, 6) is 1.79. The van der Waals surface area contributed by atoms with Crippen molar-refractivity contribution in [3.05, 3.63) is 266 Å². The van der Waals surface area contributed by atoms with Crippen LogP contribution in [0.2, 0.25) is 0 Å². The zero-order chi connectivity index (χ0) is 52.8. The highest BCUT2D eigenvalue weighted by atomic mass is 15.0. The first-order valence-electron chi connectivity index (χ1n) is 27.1. The molecule has 0 aliphatic heterocycles. The lowest BCUT2D eigenvalue weighted by Gasteiger charge is -2.22. The lowest BCUT2D eigenvalue weighted by atomic mass is 9.86. The molecule has 0 aliphatic carbocycles. The molecule has 0 fully saturated rings. The molecule has 374 valence electrons. The largest absolute Gasteiger partial charge is 0.309 e. The number of rotatable bonds is 8. The molecule has 0 amide bonds. The van der Waals surface area contributed by atoms with Gasteiger partial charge in [-0.15, -0.1) is 0 Å². The molecule has 0 radical (unpaired) electrons. The Hall–Kier alpha value is -10.2. The van der Waals surface area contributed by atoms with Crippen LogP contribution >= 0.6 is 0 Å². The van der Waals surface area contributed by atoms with Gasteiger partial charge in [0, 0.05) is 71.5 Å². The molecule has 0 aliphatic rings. The summed E-state index contributed by atoms with van der Waals surface area (Å²) in [6.07, 6.45) is 0. The van der Waals surface area contributed by atoms with Gasteiger partial charge in [0.1, 0.15) is 0 Å². The number of hydrogen-bond donors (Lipinski definition) is 0. The quantitative estimate of drug-likeness (QED) is 0.152. The number of hydrogen-bond acceptors (Lipinski definition) is 3. The van der Waals surface area contributed by atoms with Crippen molar-refractivity contribution >= 4 is 65.4 Å². The molecule has 0 spiro atoms. The first kappa shape index (κ1) is 46.2. The molecule has 4 aromatic heterocycles. The molecule has 0 saturated heterocycles. The van der Waals surface area contributed by atoms with Crippen LogP contribution in [0.4, 0.5) is 0 Å². The second kappa shape index (κ2) is 18.3. The number of benzene rings is 11. The van der Waals surface area contributed by atoms with Gasteiger partial charge in [-0.05, 0) is 101 Å². The zero-order valence-corrected chi connectivity index (χ0v) is 44.0. The lowest BCUT2D eigenvalue weighted by Crippen LogP contribution is -2.10. The molecular weight excluding hydrogens is 961 g/mol. The Morgan fingerprint density at radius 3 is 1.03 bits per heavy atom. The SMILES string of the molecule is CC(C)(C)c1ccc2c(c1)c1ccccc1n2-c1c(-c2cccc(-n3c4ccccc4c4ccccc43)c2)cc(-c2nc(-c3ccccc3)nc(-c3ccccc3)n2)cc1-c1cccc(-n2c3ccccc3c3ccccc32)c1. The average Bonchev–Trinajstić information content (AvgIpc) is 4.21. The second-order valence-corrected chi connectivity index (χ2v) is 21.6. The van der Waals surface area contributed by atoms with Crippen LogP contribution in [-0.4, -0.2) is 28.7 Å². The van der Waals surface area contributed by atoms with Gasteiger partial charge in [-0.1, -0.05) is 203 Å². The molecule has 6 heteroatoms. The summed E-state index contributed by atoms with van der Waals surface area (Å²) in [5.41, 5.74) is 18.1. The third kappa shape index (κ3) is 7.66. The van der Waals surface area contributed by atoms with E-state index in [1.807, 2.05) is 36.4 Å². The maximum atomic E-state index is 5.41. The standard InChI is InChI=1S/C73H52N6/c1-73(2,3)52-40-41-68-62(46-52)59-34-14-19-39-67(59)79(68)69-60(49-26-20-28-53(42-49)77-63-35-15-10-30-55(63)56-31-11-16-36-64(56)77)44-51(72-75-70(47-22-6-4-7-23-47)74-71(76-72)48-24-8-5-9-25-48)45-61(69)50-27-21-29-54(43-50)78-65-37-17-12-32-57(65)58-33-13-18-38-66(58)78/h4-46H,1-3H3. The summed E-state index contributed by atoms with van der Waals surface area (Å²) in [6.45, 7) is 6.89. The minimum atomic E-state index is -0.0579. The minimum Gasteiger partial charge on any atom is -0.309 e. The van der Waals surface area contributed by atoms with E-state index in [1.54, 1.807) is 0 Å². The van der Waals surface area contributed by atoms with Gasteiger partial charge in [-0.2, -0.15) is 0 Å². The van der Waals surface area contributed by atoms with Crippen molar-refractivity contribution in [1.29, 1.82) is 0 Å². The Morgan fingerprint density at radius 1 is 0.266 bits per heavy atom. The van der Waals surface area contributed by atoms with E-state index in [1.165, 1.54) is 37.9 Å². The summed E-state index contributed by atoms with van der Waals surface area (Å²) >= 11 is 0. The molecular formula is C73H52N6. The molecule has 6 nitrogen and oxygen atoms in total. The van der Waals surface area contributed by atoms with Gasteiger partial charge in [-0.3, -0.25) is 0 Å². The van der Waals surface area contributed by atoms with Gasteiger partial charge in [0.25, 0.3) is 0 Å². The summed E-state index contributed by atoms with van der Waals surface area (Å²) in [5, 5.41) is 7.27. The van der Waals surface area contributed by atoms with Gasteiger partial charge in [0.15, 0.2) is 17.5 Å². The van der Waals surface area contributed by atoms with E-state index in [4.69, 9.17) is 15.0 Å². The summed E-state index contributed by atoms with van der Waals surface area (Å²) in [4.78, 5) is 16.0. The summed E-state index contributed by atoms with van der Waals surface area (Å²) in [7, 11) is 0. The van der Waals surface area contributed by atoms with Crippen molar-refractivity contribution in [1.82, 2.24) is 28.7 Å². The fourth-order valence-corrected chi connectivity index (χ4v) is 12.1. The topological polar surface area (TPSA) is 53.5 Å². The Morgan fingerprint density at radius 2 is 0.608 bits per heavy atom. The fraction of sp³-hybridized carbons (Fsp3) is 0.0548. The predicted molar refractivity (Wildman–Crippen MR) is 329 cm³/mol. The van der Waals surface area contributed by atoms with Crippen molar-refractivity contribution in [2.24, 2.45) is 0 Å². The lowest BCUT2D eigenvalue weighted by molar-refractivity contribution is 0.591. The molecule has 0 unspecified atom stereocenters. The zero-order valence-electron chi connectivity index (χ0n) is 44.0. The van der Waals surface area contributed by atoms with Crippen molar-refractivity contribution < 1.29 is 0 Å². The second-order valence-electron chi connectivity index (χ2n) is 21.6. The smallest absolute Gasteiger partial charge is 0.164 e. The van der Waals surface area contributed by atoms with E-state index >= 15 is 0 Å². The highest BCUT2D eigenvalue weighted by molar-refractivity contribution is 6.13. The van der Waals surface area contributed by atoms with Crippen LogP contribution in [0.5, 0.6) is 0 Å². The van der Waals surface area contributed by atoms with Crippen LogP contribution in [0.1, 0.15) is 26.3 Å².